The van der Waals surface area contributed by atoms with Gasteiger partial charge in [-0.1, -0.05) is 30.3 Å². The molecule has 2 heterocycles. The number of hydrogen-bond acceptors (Lipinski definition) is 6. The molecule has 0 aliphatic carbocycles. The monoisotopic (exact) mass is 496 g/mol. The first kappa shape index (κ1) is 26.2. The molecular weight excluding hydrogens is 467 g/mol. The highest BCUT2D eigenvalue weighted by Gasteiger charge is 2.21. The highest BCUT2D eigenvalue weighted by Crippen LogP contribution is 2.28. The number of halogens is 2. The average Bonchev–Trinajstić information content (AvgIpc) is 3.23. The van der Waals surface area contributed by atoms with Crippen molar-refractivity contribution in [2.45, 2.75) is 6.42 Å². The summed E-state index contributed by atoms with van der Waals surface area (Å²) in [5.41, 5.74) is 1.74. The first-order chi connectivity index (χ1) is 14.7. The summed E-state index contributed by atoms with van der Waals surface area (Å²) in [6.07, 6.45) is 0.957. The van der Waals surface area contributed by atoms with Crippen LogP contribution in [-0.4, -0.2) is 73.5 Å². The number of benzene rings is 2. The van der Waals surface area contributed by atoms with Crippen LogP contribution < -0.4 is 9.64 Å². The van der Waals surface area contributed by atoms with Crippen LogP contribution in [0.3, 0.4) is 0 Å². The molecule has 0 saturated carbocycles. The highest BCUT2D eigenvalue weighted by atomic mass is 35.5. The van der Waals surface area contributed by atoms with Gasteiger partial charge in [0, 0.05) is 45.2 Å². The normalized spacial score (nSPS) is 13.9. The minimum Gasteiger partial charge on any atom is -0.495 e. The molecule has 1 fully saturated rings. The van der Waals surface area contributed by atoms with Crippen molar-refractivity contribution < 1.29 is 9.53 Å². The van der Waals surface area contributed by atoms with Gasteiger partial charge in [0.05, 0.1) is 17.5 Å². The fraction of sp³-hybridized carbons (Fsp3) is 0.391. The molecule has 1 saturated heterocycles. The molecule has 1 aliphatic rings. The average molecular weight is 497 g/mol. The van der Waals surface area contributed by atoms with Gasteiger partial charge in [-0.05, 0) is 42.7 Å². The van der Waals surface area contributed by atoms with Crippen LogP contribution in [0.2, 0.25) is 0 Å². The summed E-state index contributed by atoms with van der Waals surface area (Å²) in [5, 5.41) is 0.951. The van der Waals surface area contributed by atoms with Crippen LogP contribution in [0.15, 0.2) is 48.5 Å². The third-order valence-electron chi connectivity index (χ3n) is 5.69. The molecule has 6 nitrogen and oxygen atoms in total. The van der Waals surface area contributed by atoms with E-state index in [0.29, 0.717) is 5.69 Å². The molecule has 1 amide bonds. The summed E-state index contributed by atoms with van der Waals surface area (Å²) in [5.74, 6) is 0.939. The third kappa shape index (κ3) is 5.84. The summed E-state index contributed by atoms with van der Waals surface area (Å²) in [4.78, 5) is 19.5. The van der Waals surface area contributed by atoms with E-state index in [-0.39, 0.29) is 30.7 Å². The second-order valence-electron chi connectivity index (χ2n) is 7.61. The minimum absolute atomic E-state index is 0. The lowest BCUT2D eigenvalue weighted by Gasteiger charge is -2.36. The number of carbonyl (C=O) groups excluding carboxylic acids is 1. The van der Waals surface area contributed by atoms with Gasteiger partial charge < -0.3 is 14.5 Å². The van der Waals surface area contributed by atoms with E-state index in [9.17, 15) is 4.79 Å². The Hall–Kier alpha value is -2.06. The van der Waals surface area contributed by atoms with Gasteiger partial charge in [-0.25, -0.2) is 0 Å². The van der Waals surface area contributed by atoms with E-state index in [4.69, 9.17) is 4.74 Å². The Labute approximate surface area is 206 Å². The van der Waals surface area contributed by atoms with Crippen molar-refractivity contribution in [2.24, 2.45) is 0 Å². The molecule has 0 spiro atoms. The maximum atomic E-state index is 12.8. The molecule has 0 N–H and O–H groups in total. The van der Waals surface area contributed by atoms with Crippen LogP contribution in [0, 0.1) is 0 Å². The molecule has 1 aliphatic heterocycles. The van der Waals surface area contributed by atoms with E-state index >= 15 is 0 Å². The van der Waals surface area contributed by atoms with Crippen LogP contribution in [0.4, 0.5) is 5.69 Å². The van der Waals surface area contributed by atoms with Crippen molar-refractivity contribution in [2.75, 3.05) is 58.3 Å². The van der Waals surface area contributed by atoms with Crippen LogP contribution in [-0.2, 0) is 0 Å². The number of methoxy groups -OCH3 is 1. The number of hydrogen-bond donors (Lipinski definition) is 0. The fourth-order valence-corrected chi connectivity index (χ4v) is 4.73. The lowest BCUT2D eigenvalue weighted by molar-refractivity contribution is 0.0785. The molecule has 0 atom stereocenters. The molecule has 3 aromatic rings. The van der Waals surface area contributed by atoms with Gasteiger partial charge in [0.15, 0.2) is 0 Å². The third-order valence-corrected chi connectivity index (χ3v) is 6.52. The van der Waals surface area contributed by atoms with E-state index in [1.807, 2.05) is 43.4 Å². The van der Waals surface area contributed by atoms with Crippen LogP contribution in [0.1, 0.15) is 16.9 Å². The number of carbonyl (C=O) groups is 1. The van der Waals surface area contributed by atoms with Gasteiger partial charge in [0.1, 0.15) is 11.4 Å². The summed E-state index contributed by atoms with van der Waals surface area (Å²) in [6, 6.07) is 16.1. The summed E-state index contributed by atoms with van der Waals surface area (Å²) in [7, 11) is 3.59. The van der Waals surface area contributed by atoms with E-state index < -0.39 is 0 Å². The summed E-state index contributed by atoms with van der Waals surface area (Å²) >= 11 is 1.39. The quantitative estimate of drug-likeness (QED) is 0.484. The van der Waals surface area contributed by atoms with E-state index in [1.54, 1.807) is 12.0 Å². The van der Waals surface area contributed by atoms with Crippen molar-refractivity contribution in [1.29, 1.82) is 0 Å². The number of ether oxygens (including phenoxy) is 1. The number of anilines is 1. The number of amides is 1. The van der Waals surface area contributed by atoms with Gasteiger partial charge in [-0.3, -0.25) is 9.69 Å². The molecule has 9 heteroatoms. The van der Waals surface area contributed by atoms with Crippen molar-refractivity contribution in [3.8, 4) is 5.75 Å². The Morgan fingerprint density at radius 3 is 2.50 bits per heavy atom. The maximum absolute atomic E-state index is 12.8. The number of fused-ring (bicyclic) bond motifs is 1. The Balaban J connectivity index is 0.00000181. The van der Waals surface area contributed by atoms with Crippen molar-refractivity contribution in [1.82, 2.24) is 14.2 Å². The minimum atomic E-state index is 0. The zero-order chi connectivity index (χ0) is 20.9. The molecule has 1 aromatic heterocycles. The Morgan fingerprint density at radius 1 is 1.06 bits per heavy atom. The summed E-state index contributed by atoms with van der Waals surface area (Å²) in [6.45, 7) is 5.74. The topological polar surface area (TPSA) is 48.9 Å². The van der Waals surface area contributed by atoms with Crippen LogP contribution in [0.5, 0.6) is 5.75 Å². The highest BCUT2D eigenvalue weighted by molar-refractivity contribution is 7.13. The number of rotatable bonds is 7. The molecule has 32 heavy (non-hydrogen) atoms. The first-order valence-electron chi connectivity index (χ1n) is 10.4. The SMILES string of the molecule is COc1ccccc1N1CCN(CCCN(C)C(=O)c2nsc3ccccc23)CC1.Cl.Cl. The zero-order valence-electron chi connectivity index (χ0n) is 18.4. The predicted octanol–water partition coefficient (Wildman–Crippen LogP) is 4.43. The number of para-hydroxylation sites is 2. The first-order valence-corrected chi connectivity index (χ1v) is 11.1. The largest absolute Gasteiger partial charge is 0.495 e. The standard InChI is InChI=1S/C23H28N4O2S.2ClH/c1-25(23(28)22-18-8-3-6-11-21(18)30-24-22)12-7-13-26-14-16-27(17-15-26)19-9-4-5-10-20(19)29-2;;/h3-6,8-11H,7,12-17H2,1-2H3;2*1H. The summed E-state index contributed by atoms with van der Waals surface area (Å²) < 4.78 is 10.9. The second-order valence-corrected chi connectivity index (χ2v) is 8.41. The molecule has 0 radical (unpaired) electrons. The zero-order valence-corrected chi connectivity index (χ0v) is 20.8. The lowest BCUT2D eigenvalue weighted by atomic mass is 10.2. The molecule has 0 bridgehead atoms. The van der Waals surface area contributed by atoms with Gasteiger partial charge >= 0.3 is 0 Å². The number of nitrogens with zero attached hydrogens (tertiary/aromatic N) is 4. The van der Waals surface area contributed by atoms with Gasteiger partial charge in [-0.15, -0.1) is 24.8 Å². The molecule has 0 unspecified atom stereocenters. The molecule has 2 aromatic carbocycles. The predicted molar refractivity (Wildman–Crippen MR) is 137 cm³/mol. The number of piperazine rings is 1. The van der Waals surface area contributed by atoms with Gasteiger partial charge in [0.2, 0.25) is 0 Å². The number of aromatic nitrogens is 1. The van der Waals surface area contributed by atoms with E-state index in [0.717, 1.165) is 61.5 Å². The molecular formula is C23H30Cl2N4O2S. The van der Waals surface area contributed by atoms with Crippen LogP contribution >= 0.6 is 36.3 Å². The Bertz CT molecular complexity index is 1010. The van der Waals surface area contributed by atoms with Crippen molar-refractivity contribution in [3.63, 3.8) is 0 Å². The Morgan fingerprint density at radius 2 is 1.75 bits per heavy atom. The molecule has 4 rings (SSSR count). The van der Waals surface area contributed by atoms with Gasteiger partial charge in [-0.2, -0.15) is 4.37 Å². The van der Waals surface area contributed by atoms with Gasteiger partial charge in [0.25, 0.3) is 5.91 Å². The van der Waals surface area contributed by atoms with Crippen LogP contribution in [0.25, 0.3) is 10.1 Å². The van der Waals surface area contributed by atoms with Crippen molar-refractivity contribution >= 4 is 58.0 Å². The van der Waals surface area contributed by atoms with E-state index in [2.05, 4.69) is 26.3 Å². The fourth-order valence-electron chi connectivity index (χ4n) is 3.96. The second kappa shape index (κ2) is 12.3. The Kier molecular flexibility index (Phi) is 10.0. The van der Waals surface area contributed by atoms with E-state index in [1.165, 1.54) is 17.2 Å². The maximum Gasteiger partial charge on any atom is 0.273 e. The van der Waals surface area contributed by atoms with Crippen molar-refractivity contribution in [3.05, 3.63) is 54.2 Å². The molecule has 174 valence electrons. The smallest absolute Gasteiger partial charge is 0.273 e. The lowest BCUT2D eigenvalue weighted by Crippen LogP contribution is -2.47.